The van der Waals surface area contributed by atoms with Gasteiger partial charge in [0.1, 0.15) is 12.4 Å². The van der Waals surface area contributed by atoms with Crippen LogP contribution >= 0.6 is 0 Å². The lowest BCUT2D eigenvalue weighted by Gasteiger charge is -2.18. The third kappa shape index (κ3) is 4.22. The Morgan fingerprint density at radius 2 is 1.93 bits per heavy atom. The molecular formula is C20H21F3N2O3. The zero-order chi connectivity index (χ0) is 20.3. The first-order valence-electron chi connectivity index (χ1n) is 8.93. The molecule has 0 spiro atoms. The van der Waals surface area contributed by atoms with Gasteiger partial charge in [0.15, 0.2) is 0 Å². The van der Waals surface area contributed by atoms with Gasteiger partial charge in [-0.3, -0.25) is 4.90 Å². The molecule has 0 bridgehead atoms. The monoisotopic (exact) mass is 394 g/mol. The molecule has 5 nitrogen and oxygen atoms in total. The summed E-state index contributed by atoms with van der Waals surface area (Å²) < 4.78 is 45.5. The summed E-state index contributed by atoms with van der Waals surface area (Å²) in [5.74, 6) is 0.404. The van der Waals surface area contributed by atoms with Crippen LogP contribution in [0.15, 0.2) is 42.5 Å². The molecule has 2 aromatic carbocycles. The standard InChI is InChI=1S/C20H21F3N2O3/c1-2-13-4-3-5-18(20(21,22)23)17(13)12-28-16-8-6-15(7-9-16)25-10-14(11-26)24-19(25)27/h3-9,14,26H,2,10-12H2,1H3,(H,24,27). The van der Waals surface area contributed by atoms with Crippen molar-refractivity contribution in [1.82, 2.24) is 5.32 Å². The SMILES string of the molecule is CCc1cccc(C(F)(F)F)c1COc1ccc(N2CC(CO)NC2=O)cc1. The summed E-state index contributed by atoms with van der Waals surface area (Å²) in [7, 11) is 0. The lowest BCUT2D eigenvalue weighted by atomic mass is 9.99. The van der Waals surface area contributed by atoms with Crippen LogP contribution in [0, 0.1) is 0 Å². The largest absolute Gasteiger partial charge is 0.489 e. The second kappa shape index (κ2) is 8.10. The third-order valence-electron chi connectivity index (χ3n) is 4.69. The molecule has 8 heteroatoms. The maximum Gasteiger partial charge on any atom is 0.416 e. The summed E-state index contributed by atoms with van der Waals surface area (Å²) in [5.41, 5.74) is 0.652. The summed E-state index contributed by atoms with van der Waals surface area (Å²) in [6, 6.07) is 10.0. The average Bonchev–Trinajstić information content (AvgIpc) is 3.06. The number of alkyl halides is 3. The number of halogens is 3. The zero-order valence-corrected chi connectivity index (χ0v) is 15.3. The first-order valence-corrected chi connectivity index (χ1v) is 8.93. The number of benzene rings is 2. The van der Waals surface area contributed by atoms with Crippen molar-refractivity contribution in [3.63, 3.8) is 0 Å². The molecule has 1 aliphatic rings. The third-order valence-corrected chi connectivity index (χ3v) is 4.69. The summed E-state index contributed by atoms with van der Waals surface area (Å²) in [4.78, 5) is 13.4. The van der Waals surface area contributed by atoms with Gasteiger partial charge in [-0.05, 0) is 42.3 Å². The predicted octanol–water partition coefficient (Wildman–Crippen LogP) is 3.74. The molecule has 1 atom stereocenters. The Morgan fingerprint density at radius 1 is 1.21 bits per heavy atom. The van der Waals surface area contributed by atoms with Gasteiger partial charge in [0.05, 0.1) is 24.8 Å². The van der Waals surface area contributed by atoms with Crippen molar-refractivity contribution in [2.45, 2.75) is 32.2 Å². The number of nitrogens with one attached hydrogen (secondary N) is 1. The highest BCUT2D eigenvalue weighted by Gasteiger charge is 2.34. The predicted molar refractivity (Wildman–Crippen MR) is 98.3 cm³/mol. The number of carbonyl (C=O) groups excluding carboxylic acids is 1. The number of carbonyl (C=O) groups is 1. The minimum atomic E-state index is -4.44. The van der Waals surface area contributed by atoms with Gasteiger partial charge in [-0.25, -0.2) is 4.79 Å². The van der Waals surface area contributed by atoms with Crippen molar-refractivity contribution in [2.24, 2.45) is 0 Å². The molecule has 1 heterocycles. The fraction of sp³-hybridized carbons (Fsp3) is 0.350. The van der Waals surface area contributed by atoms with Gasteiger partial charge in [-0.15, -0.1) is 0 Å². The number of anilines is 1. The number of amides is 2. The van der Waals surface area contributed by atoms with Gasteiger partial charge >= 0.3 is 12.2 Å². The zero-order valence-electron chi connectivity index (χ0n) is 15.3. The molecule has 0 saturated carbocycles. The summed E-state index contributed by atoms with van der Waals surface area (Å²) in [5, 5.41) is 11.8. The van der Waals surface area contributed by atoms with Crippen molar-refractivity contribution in [1.29, 1.82) is 0 Å². The highest BCUT2D eigenvalue weighted by Crippen LogP contribution is 2.34. The van der Waals surface area contributed by atoms with Gasteiger partial charge in [0.25, 0.3) is 0 Å². The average molecular weight is 394 g/mol. The molecule has 1 aliphatic heterocycles. The van der Waals surface area contributed by atoms with E-state index in [0.717, 1.165) is 6.07 Å². The number of aryl methyl sites for hydroxylation is 1. The Balaban J connectivity index is 1.73. The van der Waals surface area contributed by atoms with Gasteiger partial charge in [-0.2, -0.15) is 13.2 Å². The Hall–Kier alpha value is -2.74. The summed E-state index contributed by atoms with van der Waals surface area (Å²) in [6.45, 7) is 1.79. The molecule has 3 rings (SSSR count). The van der Waals surface area contributed by atoms with E-state index in [-0.39, 0.29) is 30.9 Å². The fourth-order valence-electron chi connectivity index (χ4n) is 3.21. The van der Waals surface area contributed by atoms with Gasteiger partial charge in [-0.1, -0.05) is 19.1 Å². The van der Waals surface area contributed by atoms with Gasteiger partial charge in [0, 0.05) is 11.3 Å². The second-order valence-corrected chi connectivity index (χ2v) is 6.52. The van der Waals surface area contributed by atoms with Crippen molar-refractivity contribution in [3.8, 4) is 5.75 Å². The van der Waals surface area contributed by atoms with E-state index in [1.54, 1.807) is 37.3 Å². The minimum Gasteiger partial charge on any atom is -0.489 e. The van der Waals surface area contributed by atoms with Crippen molar-refractivity contribution >= 4 is 11.7 Å². The van der Waals surface area contributed by atoms with Gasteiger partial charge < -0.3 is 15.2 Å². The first kappa shape index (κ1) is 20.0. The molecule has 28 heavy (non-hydrogen) atoms. The summed E-state index contributed by atoms with van der Waals surface area (Å²) in [6.07, 6.45) is -3.97. The van der Waals surface area contributed by atoms with E-state index >= 15 is 0 Å². The van der Waals surface area contributed by atoms with E-state index in [9.17, 15) is 18.0 Å². The van der Waals surface area contributed by atoms with Crippen LogP contribution < -0.4 is 15.0 Å². The minimum absolute atomic E-state index is 0.131. The number of hydrogen-bond donors (Lipinski definition) is 2. The van der Waals surface area contributed by atoms with Crippen LogP contribution in [0.1, 0.15) is 23.6 Å². The van der Waals surface area contributed by atoms with Crippen LogP contribution in [-0.2, 0) is 19.2 Å². The lowest BCUT2D eigenvalue weighted by Crippen LogP contribution is -2.30. The Bertz CT molecular complexity index is 838. The Kier molecular flexibility index (Phi) is 5.79. The highest BCUT2D eigenvalue weighted by atomic mass is 19.4. The van der Waals surface area contributed by atoms with E-state index in [1.807, 2.05) is 0 Å². The van der Waals surface area contributed by atoms with Crippen molar-refractivity contribution < 1.29 is 27.8 Å². The normalized spacial score (nSPS) is 17.0. The molecule has 2 N–H and O–H groups in total. The molecule has 2 amide bonds. The smallest absolute Gasteiger partial charge is 0.416 e. The molecule has 1 saturated heterocycles. The van der Waals surface area contributed by atoms with Crippen LogP contribution in [0.5, 0.6) is 5.75 Å². The molecular weight excluding hydrogens is 373 g/mol. The Morgan fingerprint density at radius 3 is 2.50 bits per heavy atom. The number of hydrogen-bond acceptors (Lipinski definition) is 3. The quantitative estimate of drug-likeness (QED) is 0.785. The van der Waals surface area contributed by atoms with Crippen LogP contribution in [-0.4, -0.2) is 30.3 Å². The van der Waals surface area contributed by atoms with E-state index in [2.05, 4.69) is 5.32 Å². The number of rotatable bonds is 6. The maximum absolute atomic E-state index is 13.3. The van der Waals surface area contributed by atoms with Crippen molar-refractivity contribution in [3.05, 3.63) is 59.2 Å². The molecule has 1 fully saturated rings. The van der Waals surface area contributed by atoms with Gasteiger partial charge in [0.2, 0.25) is 0 Å². The number of ether oxygens (including phenoxy) is 1. The second-order valence-electron chi connectivity index (χ2n) is 6.52. The number of nitrogens with zero attached hydrogens (tertiary/aromatic N) is 1. The maximum atomic E-state index is 13.3. The van der Waals surface area contributed by atoms with E-state index in [4.69, 9.17) is 9.84 Å². The molecule has 0 radical (unpaired) electrons. The molecule has 0 aromatic heterocycles. The van der Waals surface area contributed by atoms with Crippen LogP contribution in [0.2, 0.25) is 0 Å². The van der Waals surface area contributed by atoms with Crippen LogP contribution in [0.3, 0.4) is 0 Å². The molecule has 2 aromatic rings. The molecule has 1 unspecified atom stereocenters. The van der Waals surface area contributed by atoms with Crippen LogP contribution in [0.4, 0.5) is 23.7 Å². The molecule has 0 aliphatic carbocycles. The van der Waals surface area contributed by atoms with E-state index in [1.165, 1.54) is 11.0 Å². The number of aliphatic hydroxyl groups is 1. The van der Waals surface area contributed by atoms with Crippen molar-refractivity contribution in [2.75, 3.05) is 18.1 Å². The van der Waals surface area contributed by atoms with E-state index < -0.39 is 11.7 Å². The first-order chi connectivity index (χ1) is 13.3. The number of urea groups is 1. The lowest BCUT2D eigenvalue weighted by molar-refractivity contribution is -0.138. The topological polar surface area (TPSA) is 61.8 Å². The highest BCUT2D eigenvalue weighted by molar-refractivity contribution is 5.94. The number of aliphatic hydroxyl groups excluding tert-OH is 1. The van der Waals surface area contributed by atoms with Crippen LogP contribution in [0.25, 0.3) is 0 Å². The molecule has 150 valence electrons. The fourth-order valence-corrected chi connectivity index (χ4v) is 3.21. The Labute approximate surface area is 160 Å². The summed E-state index contributed by atoms with van der Waals surface area (Å²) >= 11 is 0. The van der Waals surface area contributed by atoms with E-state index in [0.29, 0.717) is 30.0 Å².